The van der Waals surface area contributed by atoms with Crippen molar-refractivity contribution < 1.29 is 14.2 Å². The number of methoxy groups -OCH3 is 1. The van der Waals surface area contributed by atoms with Crippen molar-refractivity contribution in [1.82, 2.24) is 0 Å². The van der Waals surface area contributed by atoms with Crippen LogP contribution in [0, 0.1) is 0 Å². The topological polar surface area (TPSA) is 53.7 Å². The Kier molecular flexibility index (Phi) is 3.14. The summed E-state index contributed by atoms with van der Waals surface area (Å²) in [6, 6.07) is 7.80. The molecule has 0 radical (unpaired) electrons. The molecular formula is C12H17NO3. The predicted octanol–water partition coefficient (Wildman–Crippen LogP) is 1.46. The van der Waals surface area contributed by atoms with Crippen LogP contribution in [0.15, 0.2) is 24.3 Å². The van der Waals surface area contributed by atoms with E-state index in [1.165, 1.54) is 0 Å². The van der Waals surface area contributed by atoms with Crippen LogP contribution in [0.4, 0.5) is 0 Å². The molecule has 0 saturated carbocycles. The van der Waals surface area contributed by atoms with Crippen LogP contribution in [-0.2, 0) is 9.47 Å². The first kappa shape index (κ1) is 11.4. The van der Waals surface area contributed by atoms with E-state index in [1.54, 1.807) is 7.11 Å². The molecule has 0 aliphatic carbocycles. The Morgan fingerprint density at radius 1 is 1.56 bits per heavy atom. The minimum Gasteiger partial charge on any atom is -0.497 e. The number of hydrogen-bond acceptors (Lipinski definition) is 4. The molecule has 1 fully saturated rings. The fourth-order valence-electron chi connectivity index (χ4n) is 1.73. The maximum atomic E-state index is 5.78. The fourth-order valence-corrected chi connectivity index (χ4v) is 1.73. The molecule has 2 N–H and O–H groups in total. The first-order valence-electron chi connectivity index (χ1n) is 5.33. The highest BCUT2D eigenvalue weighted by atomic mass is 16.7. The van der Waals surface area contributed by atoms with Gasteiger partial charge in [0.1, 0.15) is 11.9 Å². The maximum Gasteiger partial charge on any atom is 0.178 e. The molecule has 0 aromatic heterocycles. The normalized spacial score (nSPS) is 29.3. The van der Waals surface area contributed by atoms with Crippen LogP contribution in [0.2, 0.25) is 0 Å². The smallest absolute Gasteiger partial charge is 0.178 e. The summed E-state index contributed by atoms with van der Waals surface area (Å²) in [5.41, 5.74) is 6.64. The van der Waals surface area contributed by atoms with Crippen molar-refractivity contribution in [3.05, 3.63) is 29.8 Å². The zero-order valence-electron chi connectivity index (χ0n) is 9.60. The molecule has 4 nitrogen and oxygen atoms in total. The lowest BCUT2D eigenvalue weighted by atomic mass is 10.1. The van der Waals surface area contributed by atoms with E-state index in [0.29, 0.717) is 13.2 Å². The Morgan fingerprint density at radius 2 is 2.38 bits per heavy atom. The third kappa shape index (κ3) is 2.19. The second kappa shape index (κ2) is 4.41. The summed E-state index contributed by atoms with van der Waals surface area (Å²) in [6.45, 7) is 2.74. The molecule has 1 aliphatic rings. The highest BCUT2D eigenvalue weighted by Gasteiger charge is 2.36. The first-order valence-corrected chi connectivity index (χ1v) is 5.33. The standard InChI is InChI=1S/C12H17NO3/c1-12(8-13)15-7-11(16-12)9-4-3-5-10(6-9)14-2/h3-6,11H,7-8,13H2,1-2H3. The number of rotatable bonds is 3. The number of benzene rings is 1. The van der Waals surface area contributed by atoms with Gasteiger partial charge in [-0.1, -0.05) is 12.1 Å². The van der Waals surface area contributed by atoms with E-state index in [2.05, 4.69) is 0 Å². The van der Waals surface area contributed by atoms with Gasteiger partial charge in [0.2, 0.25) is 0 Å². The average Bonchev–Trinajstić information content (AvgIpc) is 2.73. The third-order valence-corrected chi connectivity index (χ3v) is 2.77. The van der Waals surface area contributed by atoms with E-state index in [9.17, 15) is 0 Å². The summed E-state index contributed by atoms with van der Waals surface area (Å²) in [4.78, 5) is 0. The highest BCUT2D eigenvalue weighted by Crippen LogP contribution is 2.33. The van der Waals surface area contributed by atoms with Gasteiger partial charge in [0, 0.05) is 6.54 Å². The van der Waals surface area contributed by atoms with Crippen molar-refractivity contribution in [1.29, 1.82) is 0 Å². The van der Waals surface area contributed by atoms with Gasteiger partial charge in [-0.15, -0.1) is 0 Å². The molecule has 4 heteroatoms. The molecule has 0 amide bonds. The van der Waals surface area contributed by atoms with Gasteiger partial charge in [-0.25, -0.2) is 0 Å². The van der Waals surface area contributed by atoms with Gasteiger partial charge in [0.25, 0.3) is 0 Å². The molecule has 1 aromatic carbocycles. The second-order valence-electron chi connectivity index (χ2n) is 4.03. The first-order chi connectivity index (χ1) is 7.67. The molecule has 16 heavy (non-hydrogen) atoms. The van der Waals surface area contributed by atoms with E-state index in [0.717, 1.165) is 11.3 Å². The van der Waals surface area contributed by atoms with Gasteiger partial charge in [-0.05, 0) is 24.6 Å². The molecule has 2 rings (SSSR count). The molecule has 0 bridgehead atoms. The van der Waals surface area contributed by atoms with Crippen LogP contribution in [0.5, 0.6) is 5.75 Å². The van der Waals surface area contributed by atoms with Gasteiger partial charge < -0.3 is 19.9 Å². The Balaban J connectivity index is 2.14. The zero-order valence-corrected chi connectivity index (χ0v) is 9.60. The fraction of sp³-hybridized carbons (Fsp3) is 0.500. The van der Waals surface area contributed by atoms with E-state index in [1.807, 2.05) is 31.2 Å². The number of hydrogen-bond donors (Lipinski definition) is 1. The van der Waals surface area contributed by atoms with Crippen LogP contribution < -0.4 is 10.5 Å². The van der Waals surface area contributed by atoms with Gasteiger partial charge in [-0.3, -0.25) is 0 Å². The van der Waals surface area contributed by atoms with Crippen LogP contribution in [-0.4, -0.2) is 26.0 Å². The lowest BCUT2D eigenvalue weighted by molar-refractivity contribution is -0.145. The molecular weight excluding hydrogens is 206 g/mol. The summed E-state index contributed by atoms with van der Waals surface area (Å²) in [7, 11) is 1.65. The van der Waals surface area contributed by atoms with E-state index in [-0.39, 0.29) is 6.10 Å². The quantitative estimate of drug-likeness (QED) is 0.842. The van der Waals surface area contributed by atoms with Crippen molar-refractivity contribution >= 4 is 0 Å². The molecule has 1 saturated heterocycles. The summed E-state index contributed by atoms with van der Waals surface area (Å²) in [5.74, 6) is 0.163. The molecule has 1 aromatic rings. The Bertz CT molecular complexity index is 369. The van der Waals surface area contributed by atoms with E-state index in [4.69, 9.17) is 19.9 Å². The molecule has 2 unspecified atom stereocenters. The van der Waals surface area contributed by atoms with Gasteiger partial charge >= 0.3 is 0 Å². The van der Waals surface area contributed by atoms with Crippen molar-refractivity contribution in [2.45, 2.75) is 18.8 Å². The van der Waals surface area contributed by atoms with Gasteiger partial charge in [-0.2, -0.15) is 0 Å². The van der Waals surface area contributed by atoms with Crippen LogP contribution in [0.25, 0.3) is 0 Å². The summed E-state index contributed by atoms with van der Waals surface area (Å²) >= 11 is 0. The number of ether oxygens (including phenoxy) is 3. The Hall–Kier alpha value is -1.10. The SMILES string of the molecule is COc1cccc(C2COC(C)(CN)O2)c1. The van der Waals surface area contributed by atoms with Crippen LogP contribution >= 0.6 is 0 Å². The third-order valence-electron chi connectivity index (χ3n) is 2.77. The van der Waals surface area contributed by atoms with Crippen molar-refractivity contribution in [3.63, 3.8) is 0 Å². The minimum atomic E-state index is -0.659. The number of nitrogens with two attached hydrogens (primary N) is 1. The molecule has 1 aliphatic heterocycles. The predicted molar refractivity (Wildman–Crippen MR) is 60.2 cm³/mol. The van der Waals surface area contributed by atoms with E-state index >= 15 is 0 Å². The second-order valence-corrected chi connectivity index (χ2v) is 4.03. The minimum absolute atomic E-state index is 0.0661. The van der Waals surface area contributed by atoms with E-state index < -0.39 is 5.79 Å². The van der Waals surface area contributed by atoms with Gasteiger partial charge in [0.05, 0.1) is 13.7 Å². The maximum absolute atomic E-state index is 5.78. The molecule has 1 heterocycles. The van der Waals surface area contributed by atoms with Crippen LogP contribution in [0.1, 0.15) is 18.6 Å². The Labute approximate surface area is 95.3 Å². The Morgan fingerprint density at radius 3 is 3.00 bits per heavy atom. The van der Waals surface area contributed by atoms with Crippen molar-refractivity contribution in [2.75, 3.05) is 20.3 Å². The van der Waals surface area contributed by atoms with Crippen molar-refractivity contribution in [3.8, 4) is 5.75 Å². The van der Waals surface area contributed by atoms with Crippen LogP contribution in [0.3, 0.4) is 0 Å². The average molecular weight is 223 g/mol. The lowest BCUT2D eigenvalue weighted by Gasteiger charge is -2.20. The summed E-state index contributed by atoms with van der Waals surface area (Å²) < 4.78 is 16.5. The largest absolute Gasteiger partial charge is 0.497 e. The summed E-state index contributed by atoms with van der Waals surface area (Å²) in [5, 5.41) is 0. The molecule has 2 atom stereocenters. The summed E-state index contributed by atoms with van der Waals surface area (Å²) in [6.07, 6.45) is -0.0661. The molecule has 0 spiro atoms. The zero-order chi connectivity index (χ0) is 11.6. The van der Waals surface area contributed by atoms with Gasteiger partial charge in [0.15, 0.2) is 5.79 Å². The monoisotopic (exact) mass is 223 g/mol. The lowest BCUT2D eigenvalue weighted by Crippen LogP contribution is -2.35. The molecule has 88 valence electrons. The van der Waals surface area contributed by atoms with Crippen molar-refractivity contribution in [2.24, 2.45) is 5.73 Å². The highest BCUT2D eigenvalue weighted by molar-refractivity contribution is 5.30.